The lowest BCUT2D eigenvalue weighted by Gasteiger charge is -1.96. The minimum Gasteiger partial charge on any atom is -0.309 e. The van der Waals surface area contributed by atoms with Crippen LogP contribution in [0.4, 0.5) is 5.69 Å². The van der Waals surface area contributed by atoms with E-state index in [9.17, 15) is 10.1 Å². The zero-order valence-corrected chi connectivity index (χ0v) is 8.70. The number of rotatable bonds is 2. The van der Waals surface area contributed by atoms with E-state index >= 15 is 0 Å². The minimum atomic E-state index is -0.390. The zero-order valence-electron chi connectivity index (χ0n) is 8.70. The predicted octanol–water partition coefficient (Wildman–Crippen LogP) is 1.47. The van der Waals surface area contributed by atoms with E-state index in [1.165, 1.54) is 6.07 Å². The Kier molecular flexibility index (Phi) is 3.83. The summed E-state index contributed by atoms with van der Waals surface area (Å²) >= 11 is 0. The Labute approximate surface area is 88.5 Å². The first-order chi connectivity index (χ1) is 7.15. The van der Waals surface area contributed by atoms with Crippen molar-refractivity contribution in [3.8, 4) is 11.8 Å². The molecule has 0 bridgehead atoms. The number of nitrogens with zero attached hydrogens (tertiary/aromatic N) is 1. The van der Waals surface area contributed by atoms with Gasteiger partial charge in [0.25, 0.3) is 5.69 Å². The van der Waals surface area contributed by atoms with E-state index in [4.69, 9.17) is 0 Å². The summed E-state index contributed by atoms with van der Waals surface area (Å²) in [7, 11) is 1.80. The van der Waals surface area contributed by atoms with Gasteiger partial charge in [-0.15, -0.1) is 0 Å². The van der Waals surface area contributed by atoms with E-state index in [0.717, 1.165) is 0 Å². The molecule has 0 fully saturated rings. The van der Waals surface area contributed by atoms with E-state index < -0.39 is 4.92 Å². The molecule has 0 aliphatic heterocycles. The van der Waals surface area contributed by atoms with Crippen molar-refractivity contribution in [3.63, 3.8) is 0 Å². The van der Waals surface area contributed by atoms with Gasteiger partial charge < -0.3 is 5.32 Å². The summed E-state index contributed by atoms with van der Waals surface area (Å²) in [5.74, 6) is 5.70. The lowest BCUT2D eigenvalue weighted by atomic mass is 10.1. The Balaban J connectivity index is 2.99. The second kappa shape index (κ2) is 5.13. The molecule has 0 spiro atoms. The van der Waals surface area contributed by atoms with E-state index in [2.05, 4.69) is 17.2 Å². The van der Waals surface area contributed by atoms with Crippen molar-refractivity contribution in [1.82, 2.24) is 5.32 Å². The molecule has 0 saturated carbocycles. The number of nitro groups is 1. The van der Waals surface area contributed by atoms with Crippen molar-refractivity contribution in [2.24, 2.45) is 0 Å². The van der Waals surface area contributed by atoms with Crippen LogP contribution in [0.15, 0.2) is 18.2 Å². The van der Waals surface area contributed by atoms with Crippen molar-refractivity contribution < 1.29 is 4.92 Å². The summed E-state index contributed by atoms with van der Waals surface area (Å²) in [6, 6.07) is 4.99. The molecule has 1 aromatic rings. The van der Waals surface area contributed by atoms with Crippen LogP contribution in [0.3, 0.4) is 0 Å². The summed E-state index contributed by atoms with van der Waals surface area (Å²) in [4.78, 5) is 10.3. The summed E-state index contributed by atoms with van der Waals surface area (Å²) in [5.41, 5.74) is 1.44. The van der Waals surface area contributed by atoms with Gasteiger partial charge >= 0.3 is 0 Å². The van der Waals surface area contributed by atoms with Crippen LogP contribution in [0.1, 0.15) is 11.1 Å². The molecule has 4 heteroatoms. The first-order valence-electron chi connectivity index (χ1n) is 4.53. The van der Waals surface area contributed by atoms with Gasteiger partial charge in [-0.2, -0.15) is 0 Å². The van der Waals surface area contributed by atoms with Gasteiger partial charge in [0.2, 0.25) is 0 Å². The van der Waals surface area contributed by atoms with Crippen molar-refractivity contribution in [1.29, 1.82) is 0 Å². The van der Waals surface area contributed by atoms with Crippen LogP contribution in [-0.2, 0) is 0 Å². The van der Waals surface area contributed by atoms with Crippen LogP contribution >= 0.6 is 0 Å². The second-order valence-corrected chi connectivity index (χ2v) is 3.09. The molecule has 0 amide bonds. The highest BCUT2D eigenvalue weighted by Crippen LogP contribution is 2.18. The number of nitro benzene ring substituents is 1. The Hall–Kier alpha value is -1.86. The molecule has 15 heavy (non-hydrogen) atoms. The first-order valence-corrected chi connectivity index (χ1v) is 4.53. The van der Waals surface area contributed by atoms with Gasteiger partial charge in [-0.25, -0.2) is 0 Å². The summed E-state index contributed by atoms with van der Waals surface area (Å²) < 4.78 is 0. The van der Waals surface area contributed by atoms with Crippen LogP contribution in [0.25, 0.3) is 0 Å². The van der Waals surface area contributed by atoms with E-state index in [1.807, 2.05) is 0 Å². The number of benzene rings is 1. The standard InChI is InChI=1S/C11H12N2O2/c1-9-5-6-10(4-3-7-12-2)8-11(9)13(14)15/h5-6,8,12H,7H2,1-2H3. The van der Waals surface area contributed by atoms with Gasteiger partial charge in [0.1, 0.15) is 0 Å². The third-order valence-electron chi connectivity index (χ3n) is 1.90. The summed E-state index contributed by atoms with van der Waals surface area (Å²) in [6.45, 7) is 2.28. The van der Waals surface area contributed by atoms with Crippen LogP contribution in [-0.4, -0.2) is 18.5 Å². The maximum atomic E-state index is 10.6. The molecule has 4 nitrogen and oxygen atoms in total. The molecule has 0 atom stereocenters. The van der Waals surface area contributed by atoms with E-state index in [1.54, 1.807) is 26.1 Å². The average molecular weight is 204 g/mol. The molecule has 0 radical (unpaired) electrons. The van der Waals surface area contributed by atoms with Crippen LogP contribution in [0.5, 0.6) is 0 Å². The predicted molar refractivity (Wildman–Crippen MR) is 58.6 cm³/mol. The molecule has 0 aliphatic rings. The molecule has 0 aliphatic carbocycles. The van der Waals surface area contributed by atoms with Crippen molar-refractivity contribution in [2.75, 3.05) is 13.6 Å². The normalized spacial score (nSPS) is 9.20. The lowest BCUT2D eigenvalue weighted by molar-refractivity contribution is -0.385. The molecule has 0 unspecified atom stereocenters. The van der Waals surface area contributed by atoms with E-state index in [0.29, 0.717) is 17.7 Å². The molecule has 0 heterocycles. The van der Waals surface area contributed by atoms with Gasteiger partial charge in [0, 0.05) is 17.2 Å². The topological polar surface area (TPSA) is 55.2 Å². The maximum Gasteiger partial charge on any atom is 0.273 e. The SMILES string of the molecule is CNCC#Cc1ccc(C)c([N+](=O)[O-])c1. The lowest BCUT2D eigenvalue weighted by Crippen LogP contribution is -2.04. The molecule has 1 N–H and O–H groups in total. The fourth-order valence-corrected chi connectivity index (χ4v) is 1.12. The molecule has 78 valence electrons. The zero-order chi connectivity index (χ0) is 11.3. The Bertz CT molecular complexity index is 430. The molecule has 1 rings (SSSR count). The number of aryl methyl sites for hydroxylation is 1. The number of hydrogen-bond acceptors (Lipinski definition) is 3. The summed E-state index contributed by atoms with van der Waals surface area (Å²) in [5, 5.41) is 13.5. The third-order valence-corrected chi connectivity index (χ3v) is 1.90. The van der Waals surface area contributed by atoms with E-state index in [-0.39, 0.29) is 5.69 Å². The second-order valence-electron chi connectivity index (χ2n) is 3.09. The van der Waals surface area contributed by atoms with Gasteiger partial charge in [0.15, 0.2) is 0 Å². The van der Waals surface area contributed by atoms with Crippen molar-refractivity contribution in [3.05, 3.63) is 39.4 Å². The minimum absolute atomic E-state index is 0.117. The average Bonchev–Trinajstić information content (AvgIpc) is 2.20. The van der Waals surface area contributed by atoms with Crippen molar-refractivity contribution >= 4 is 5.69 Å². The quantitative estimate of drug-likeness (QED) is 0.451. The Morgan fingerprint density at radius 2 is 2.27 bits per heavy atom. The smallest absolute Gasteiger partial charge is 0.273 e. The highest BCUT2D eigenvalue weighted by Gasteiger charge is 2.09. The Morgan fingerprint density at radius 3 is 2.87 bits per heavy atom. The van der Waals surface area contributed by atoms with Gasteiger partial charge in [-0.05, 0) is 20.0 Å². The number of nitrogens with one attached hydrogen (secondary N) is 1. The maximum absolute atomic E-state index is 10.6. The van der Waals surface area contributed by atoms with Gasteiger partial charge in [-0.1, -0.05) is 17.9 Å². The highest BCUT2D eigenvalue weighted by atomic mass is 16.6. The van der Waals surface area contributed by atoms with Crippen molar-refractivity contribution in [2.45, 2.75) is 6.92 Å². The number of hydrogen-bond donors (Lipinski definition) is 1. The molecular formula is C11H12N2O2. The molecule has 0 aromatic heterocycles. The summed E-state index contributed by atoms with van der Waals surface area (Å²) in [6.07, 6.45) is 0. The molecule has 0 saturated heterocycles. The highest BCUT2D eigenvalue weighted by molar-refractivity contribution is 5.48. The molecule has 1 aromatic carbocycles. The fourth-order valence-electron chi connectivity index (χ4n) is 1.12. The molecular weight excluding hydrogens is 192 g/mol. The fraction of sp³-hybridized carbons (Fsp3) is 0.273. The monoisotopic (exact) mass is 204 g/mol. The largest absolute Gasteiger partial charge is 0.309 e. The third kappa shape index (κ3) is 3.08. The van der Waals surface area contributed by atoms with Gasteiger partial charge in [-0.3, -0.25) is 10.1 Å². The van der Waals surface area contributed by atoms with Gasteiger partial charge in [0.05, 0.1) is 11.5 Å². The first kappa shape index (κ1) is 11.2. The van der Waals surface area contributed by atoms with Crippen LogP contribution < -0.4 is 5.32 Å². The van der Waals surface area contributed by atoms with Crippen LogP contribution in [0, 0.1) is 28.9 Å². The Morgan fingerprint density at radius 1 is 1.53 bits per heavy atom. The van der Waals surface area contributed by atoms with Crippen LogP contribution in [0.2, 0.25) is 0 Å².